The van der Waals surface area contributed by atoms with Gasteiger partial charge < -0.3 is 11.1 Å². The van der Waals surface area contributed by atoms with Crippen LogP contribution in [0.3, 0.4) is 0 Å². The molecule has 0 atom stereocenters. The molecule has 0 bridgehead atoms. The summed E-state index contributed by atoms with van der Waals surface area (Å²) in [5, 5.41) is 3.13. The maximum atomic E-state index is 11.5. The van der Waals surface area contributed by atoms with Crippen LogP contribution in [0.25, 0.3) is 0 Å². The molecule has 0 spiro atoms. The third-order valence-electron chi connectivity index (χ3n) is 4.66. The minimum Gasteiger partial charge on any atom is -0.369 e. The molecular weight excluding hydrogens is 384 g/mol. The highest BCUT2D eigenvalue weighted by Crippen LogP contribution is 2.12. The lowest BCUT2D eigenvalue weighted by Crippen LogP contribution is -2.30. The molecule has 0 radical (unpaired) electrons. The maximum absolute atomic E-state index is 11.5. The second-order valence-electron chi connectivity index (χ2n) is 7.40. The molecule has 0 aromatic heterocycles. The summed E-state index contributed by atoms with van der Waals surface area (Å²) >= 11 is 0. The Kier molecular flexibility index (Phi) is 21.8. The molecular formula is C20H43ClN2O3S. The van der Waals surface area contributed by atoms with Crippen molar-refractivity contribution in [3.8, 4) is 0 Å². The van der Waals surface area contributed by atoms with Crippen LogP contribution in [0.2, 0.25) is 0 Å². The predicted octanol–water partition coefficient (Wildman–Crippen LogP) is 4.38. The van der Waals surface area contributed by atoms with Gasteiger partial charge >= 0.3 is 0 Å². The van der Waals surface area contributed by atoms with Gasteiger partial charge in [0.05, 0.1) is 5.75 Å². The van der Waals surface area contributed by atoms with Crippen LogP contribution >= 0.6 is 12.4 Å². The van der Waals surface area contributed by atoms with Crippen LogP contribution in [0.4, 0.5) is 0 Å². The van der Waals surface area contributed by atoms with Crippen molar-refractivity contribution in [2.45, 2.75) is 96.8 Å². The highest BCUT2D eigenvalue weighted by molar-refractivity contribution is 7.92. The van der Waals surface area contributed by atoms with Crippen molar-refractivity contribution in [2.75, 3.05) is 24.6 Å². The number of nitrogens with two attached hydrogens (primary N) is 1. The smallest absolute Gasteiger partial charge is 0.232 e. The van der Waals surface area contributed by atoms with Crippen molar-refractivity contribution in [1.82, 2.24) is 5.32 Å². The second-order valence-corrected chi connectivity index (χ2v) is 9.59. The molecule has 1 amide bonds. The molecule has 3 N–H and O–H groups in total. The zero-order chi connectivity index (χ0) is 19.5. The van der Waals surface area contributed by atoms with Gasteiger partial charge in [0.1, 0.15) is 5.75 Å². The van der Waals surface area contributed by atoms with E-state index in [1.807, 2.05) is 0 Å². The number of hydrogen-bond acceptors (Lipinski definition) is 4. The summed E-state index contributed by atoms with van der Waals surface area (Å²) in [4.78, 5) is 10.6. The molecule has 0 fully saturated rings. The van der Waals surface area contributed by atoms with Crippen LogP contribution in [0, 0.1) is 0 Å². The lowest BCUT2D eigenvalue weighted by atomic mass is 10.0. The Bertz CT molecular complexity index is 431. The average molecular weight is 427 g/mol. The zero-order valence-corrected chi connectivity index (χ0v) is 19.0. The van der Waals surface area contributed by atoms with Gasteiger partial charge in [-0.25, -0.2) is 8.42 Å². The number of unbranched alkanes of at least 4 members (excludes halogenated alkanes) is 13. The molecule has 27 heavy (non-hydrogen) atoms. The summed E-state index contributed by atoms with van der Waals surface area (Å²) in [5.41, 5.74) is 4.91. The number of carbonyl (C=O) groups excluding carboxylic acids is 1. The lowest BCUT2D eigenvalue weighted by Gasteiger charge is -2.05. The van der Waals surface area contributed by atoms with Gasteiger partial charge in [0.25, 0.3) is 0 Å². The largest absolute Gasteiger partial charge is 0.369 e. The Balaban J connectivity index is 0. The fourth-order valence-electron chi connectivity index (χ4n) is 3.09. The Morgan fingerprint density at radius 2 is 1.15 bits per heavy atom. The highest BCUT2D eigenvalue weighted by Gasteiger charge is 2.13. The summed E-state index contributed by atoms with van der Waals surface area (Å²) in [6.07, 6.45) is 18.7. The van der Waals surface area contributed by atoms with Crippen molar-refractivity contribution >= 4 is 28.2 Å². The topological polar surface area (TPSA) is 89.3 Å². The zero-order valence-electron chi connectivity index (χ0n) is 17.3. The first-order valence-corrected chi connectivity index (χ1v) is 12.5. The number of amides is 1. The van der Waals surface area contributed by atoms with Crippen LogP contribution in [-0.4, -0.2) is 38.9 Å². The fraction of sp³-hybridized carbons (Fsp3) is 0.950. The minimum atomic E-state index is -3.34. The fourth-order valence-corrected chi connectivity index (χ4v) is 4.12. The minimum absolute atomic E-state index is 0. The molecule has 0 saturated heterocycles. The maximum Gasteiger partial charge on any atom is 0.232 e. The summed E-state index contributed by atoms with van der Waals surface area (Å²) in [5.74, 6) is -1.35. The van der Waals surface area contributed by atoms with Crippen LogP contribution in [0.1, 0.15) is 96.8 Å². The van der Waals surface area contributed by atoms with Crippen molar-refractivity contribution in [1.29, 1.82) is 0 Å². The van der Waals surface area contributed by atoms with Gasteiger partial charge in [-0.2, -0.15) is 0 Å². The standard InChI is InChI=1S/C20H42N2O3S.ClH/c1-2-3-4-5-6-7-8-9-10-11-12-13-14-15-16-22-17-18-26(24,25)19-20(21)23;/h22H,2-19H2,1H3,(H2,21,23);1H. The van der Waals surface area contributed by atoms with E-state index in [0.717, 1.165) is 13.0 Å². The SMILES string of the molecule is CCCCCCCCCCCCCCCCNCCS(=O)(=O)CC(N)=O.Cl. The Morgan fingerprint density at radius 1 is 0.741 bits per heavy atom. The van der Waals surface area contributed by atoms with Crippen molar-refractivity contribution < 1.29 is 13.2 Å². The van der Waals surface area contributed by atoms with Gasteiger partial charge in [-0.05, 0) is 13.0 Å². The number of halogens is 1. The van der Waals surface area contributed by atoms with Gasteiger partial charge in [-0.3, -0.25) is 4.79 Å². The summed E-state index contributed by atoms with van der Waals surface area (Å²) in [7, 11) is -3.34. The molecule has 0 aliphatic carbocycles. The molecule has 7 heteroatoms. The van der Waals surface area contributed by atoms with E-state index in [-0.39, 0.29) is 18.2 Å². The predicted molar refractivity (Wildman–Crippen MR) is 118 cm³/mol. The molecule has 0 saturated carbocycles. The third-order valence-corrected chi connectivity index (χ3v) is 6.21. The number of carbonyl (C=O) groups is 1. The number of primary amides is 1. The Hall–Kier alpha value is -0.330. The van der Waals surface area contributed by atoms with Gasteiger partial charge in [-0.1, -0.05) is 90.4 Å². The molecule has 0 aromatic carbocycles. The van der Waals surface area contributed by atoms with Crippen molar-refractivity contribution in [3.63, 3.8) is 0 Å². The highest BCUT2D eigenvalue weighted by atomic mass is 35.5. The first-order chi connectivity index (χ1) is 12.5. The van der Waals surface area contributed by atoms with E-state index in [1.165, 1.54) is 83.5 Å². The first kappa shape index (κ1) is 28.9. The van der Waals surface area contributed by atoms with Crippen LogP contribution in [-0.2, 0) is 14.6 Å². The molecule has 0 heterocycles. The van der Waals surface area contributed by atoms with Crippen molar-refractivity contribution in [2.24, 2.45) is 5.73 Å². The average Bonchev–Trinajstić information content (AvgIpc) is 2.56. The monoisotopic (exact) mass is 426 g/mol. The Labute approximate surface area is 174 Å². The van der Waals surface area contributed by atoms with E-state index < -0.39 is 21.5 Å². The normalized spacial score (nSPS) is 11.3. The quantitative estimate of drug-likeness (QED) is 0.283. The lowest BCUT2D eigenvalue weighted by molar-refractivity contribution is -0.115. The summed E-state index contributed by atoms with van der Waals surface area (Å²) < 4.78 is 22.9. The molecule has 164 valence electrons. The van der Waals surface area contributed by atoms with E-state index in [4.69, 9.17) is 5.73 Å². The Morgan fingerprint density at radius 3 is 1.56 bits per heavy atom. The first-order valence-electron chi connectivity index (χ1n) is 10.7. The van der Waals surface area contributed by atoms with E-state index in [0.29, 0.717) is 6.54 Å². The van der Waals surface area contributed by atoms with Crippen LogP contribution in [0.5, 0.6) is 0 Å². The summed E-state index contributed by atoms with van der Waals surface area (Å²) in [6.45, 7) is 3.50. The van der Waals surface area contributed by atoms with Gasteiger partial charge in [-0.15, -0.1) is 12.4 Å². The molecule has 0 aliphatic heterocycles. The van der Waals surface area contributed by atoms with Gasteiger partial charge in [0, 0.05) is 6.54 Å². The number of hydrogen-bond donors (Lipinski definition) is 2. The van der Waals surface area contributed by atoms with E-state index in [1.54, 1.807) is 0 Å². The number of sulfone groups is 1. The summed E-state index contributed by atoms with van der Waals surface area (Å²) in [6, 6.07) is 0. The van der Waals surface area contributed by atoms with Gasteiger partial charge in [0.15, 0.2) is 9.84 Å². The van der Waals surface area contributed by atoms with Crippen LogP contribution in [0.15, 0.2) is 0 Å². The number of rotatable bonds is 20. The molecule has 0 aromatic rings. The molecule has 5 nitrogen and oxygen atoms in total. The van der Waals surface area contributed by atoms with Crippen molar-refractivity contribution in [3.05, 3.63) is 0 Å². The van der Waals surface area contributed by atoms with Crippen LogP contribution < -0.4 is 11.1 Å². The van der Waals surface area contributed by atoms with E-state index in [9.17, 15) is 13.2 Å². The number of nitrogens with one attached hydrogen (secondary N) is 1. The molecule has 0 unspecified atom stereocenters. The third kappa shape index (κ3) is 23.6. The van der Waals surface area contributed by atoms with E-state index >= 15 is 0 Å². The molecule has 0 rings (SSSR count). The van der Waals surface area contributed by atoms with E-state index in [2.05, 4.69) is 12.2 Å². The second kappa shape index (κ2) is 20.4. The van der Waals surface area contributed by atoms with Gasteiger partial charge in [0.2, 0.25) is 5.91 Å². The molecule has 0 aliphatic rings.